The first-order valence-corrected chi connectivity index (χ1v) is 5.32. The second-order valence-electron chi connectivity index (χ2n) is 3.75. The molecule has 0 saturated carbocycles. The molecule has 0 aliphatic rings. The molecule has 1 aromatic heterocycles. The Kier molecular flexibility index (Phi) is 3.18. The summed E-state index contributed by atoms with van der Waals surface area (Å²) in [5, 5.41) is 8.90. The molecule has 0 atom stereocenters. The number of H-pyrrole nitrogens is 1. The number of rotatable bonds is 3. The van der Waals surface area contributed by atoms with E-state index in [-0.39, 0.29) is 18.5 Å². The molecule has 0 aliphatic carbocycles. The number of aromatic amines is 1. The topological polar surface area (TPSA) is 100 Å². The molecular weight excluding hydrogens is 236 g/mol. The minimum absolute atomic E-state index is 0.0111. The number of aromatic nitrogens is 2. The van der Waals surface area contributed by atoms with E-state index in [9.17, 15) is 14.4 Å². The van der Waals surface area contributed by atoms with Crippen molar-refractivity contribution in [2.24, 2.45) is 0 Å². The summed E-state index contributed by atoms with van der Waals surface area (Å²) in [5.74, 6) is -1.02. The van der Waals surface area contributed by atoms with Gasteiger partial charge in [0.25, 0.3) is 11.1 Å². The Morgan fingerprint density at radius 2 is 1.94 bits per heavy atom. The number of nitrogens with one attached hydrogen (secondary N) is 1. The van der Waals surface area contributed by atoms with Gasteiger partial charge in [-0.15, -0.1) is 0 Å². The van der Waals surface area contributed by atoms with Crippen molar-refractivity contribution in [1.29, 1.82) is 0 Å². The Bertz CT molecular complexity index is 721. The number of fused-ring (bicyclic) bond motifs is 1. The monoisotopic (exact) mass is 246 g/mol. The molecule has 0 amide bonds. The van der Waals surface area contributed by atoms with Gasteiger partial charge in [0.05, 0.1) is 17.3 Å². The van der Waals surface area contributed by atoms with Crippen molar-refractivity contribution >= 4 is 16.9 Å². The van der Waals surface area contributed by atoms with E-state index in [1.807, 2.05) is 0 Å². The summed E-state index contributed by atoms with van der Waals surface area (Å²) in [6.45, 7) is 0. The van der Waals surface area contributed by atoms with E-state index in [1.54, 1.807) is 24.3 Å². The van der Waals surface area contributed by atoms with Crippen LogP contribution in [0.3, 0.4) is 0 Å². The van der Waals surface area contributed by atoms with Gasteiger partial charge in [-0.1, -0.05) is 12.1 Å². The van der Waals surface area contributed by atoms with Gasteiger partial charge < -0.3 is 5.11 Å². The first kappa shape index (κ1) is 12.0. The summed E-state index contributed by atoms with van der Waals surface area (Å²) in [5.41, 5.74) is -0.737. The van der Waals surface area contributed by atoms with Crippen LogP contribution < -0.4 is 11.1 Å². The van der Waals surface area contributed by atoms with Crippen LogP contribution in [0.1, 0.15) is 12.1 Å². The summed E-state index contributed by atoms with van der Waals surface area (Å²) < 4.78 is 0. The van der Waals surface area contributed by atoms with Crippen LogP contribution >= 0.6 is 0 Å². The zero-order valence-corrected chi connectivity index (χ0v) is 9.34. The molecule has 2 N–H and O–H groups in total. The normalized spacial score (nSPS) is 10.4. The number of benzene rings is 1. The average Bonchev–Trinajstić information content (AvgIpc) is 2.45. The second-order valence-corrected chi connectivity index (χ2v) is 3.75. The molecule has 0 saturated heterocycles. The molecule has 1 heterocycles. The molecule has 18 heavy (non-hydrogen) atoms. The number of carbonyl (C=O) groups is 1. The number of para-hydroxylation sites is 1. The fourth-order valence-electron chi connectivity index (χ4n) is 1.60. The van der Waals surface area contributed by atoms with E-state index < -0.39 is 17.1 Å². The molecule has 0 fully saturated rings. The Morgan fingerprint density at radius 1 is 1.22 bits per heavy atom. The van der Waals surface area contributed by atoms with Crippen LogP contribution in [-0.4, -0.2) is 21.0 Å². The van der Waals surface area contributed by atoms with E-state index in [4.69, 9.17) is 5.11 Å². The van der Waals surface area contributed by atoms with Gasteiger partial charge in [-0.25, -0.2) is 4.98 Å². The lowest BCUT2D eigenvalue weighted by Gasteiger charge is -1.93. The SMILES string of the molecule is O=C(O)CCc1nc2ccccc2c(=O)[nH]c1=O. The highest BCUT2D eigenvalue weighted by atomic mass is 16.4. The van der Waals surface area contributed by atoms with Gasteiger partial charge in [-0.3, -0.25) is 19.4 Å². The molecule has 2 aromatic rings. The van der Waals surface area contributed by atoms with Gasteiger partial charge in [0.1, 0.15) is 5.69 Å². The fourth-order valence-corrected chi connectivity index (χ4v) is 1.60. The zero-order valence-electron chi connectivity index (χ0n) is 9.34. The zero-order chi connectivity index (χ0) is 13.1. The number of aryl methyl sites for hydroxylation is 1. The molecule has 0 bridgehead atoms. The standard InChI is InChI=1S/C12H10N2O4/c15-10(16)6-5-9-12(18)14-11(17)7-3-1-2-4-8(7)13-9/h1-4H,5-6H2,(H,15,16)(H,14,17,18). The largest absolute Gasteiger partial charge is 0.481 e. The maximum Gasteiger partial charge on any atom is 0.303 e. The number of carboxylic acid groups (broad SMARTS) is 1. The van der Waals surface area contributed by atoms with E-state index in [0.29, 0.717) is 10.9 Å². The van der Waals surface area contributed by atoms with E-state index >= 15 is 0 Å². The molecule has 1 aromatic carbocycles. The smallest absolute Gasteiger partial charge is 0.303 e. The third kappa shape index (κ3) is 2.42. The lowest BCUT2D eigenvalue weighted by Crippen LogP contribution is -2.18. The highest BCUT2D eigenvalue weighted by molar-refractivity contribution is 5.76. The summed E-state index contributed by atoms with van der Waals surface area (Å²) in [7, 11) is 0. The third-order valence-corrected chi connectivity index (χ3v) is 2.47. The molecule has 2 rings (SSSR count). The van der Waals surface area contributed by atoms with Crippen LogP contribution in [0, 0.1) is 0 Å². The van der Waals surface area contributed by atoms with Gasteiger partial charge in [-0.2, -0.15) is 0 Å². The third-order valence-electron chi connectivity index (χ3n) is 2.47. The van der Waals surface area contributed by atoms with Crippen LogP contribution in [0.4, 0.5) is 0 Å². The predicted molar refractivity (Wildman–Crippen MR) is 64.6 cm³/mol. The first-order chi connectivity index (χ1) is 8.58. The lowest BCUT2D eigenvalue weighted by molar-refractivity contribution is -0.136. The second kappa shape index (κ2) is 4.79. The maximum absolute atomic E-state index is 11.7. The van der Waals surface area contributed by atoms with Gasteiger partial charge in [0.15, 0.2) is 0 Å². The predicted octanol–water partition coefficient (Wildman–Crippen LogP) is 0.301. The summed E-state index contributed by atoms with van der Waals surface area (Å²) in [6.07, 6.45) is -0.217. The van der Waals surface area contributed by atoms with E-state index in [1.165, 1.54) is 0 Å². The summed E-state index contributed by atoms with van der Waals surface area (Å²) in [6, 6.07) is 6.52. The quantitative estimate of drug-likeness (QED) is 0.811. The number of carboxylic acids is 1. The van der Waals surface area contributed by atoms with E-state index in [0.717, 1.165) is 0 Å². The molecule has 92 valence electrons. The summed E-state index contributed by atoms with van der Waals surface area (Å²) in [4.78, 5) is 40.1. The van der Waals surface area contributed by atoms with Gasteiger partial charge >= 0.3 is 5.97 Å². The van der Waals surface area contributed by atoms with Crippen molar-refractivity contribution in [3.05, 3.63) is 50.7 Å². The highest BCUT2D eigenvalue weighted by Gasteiger charge is 2.07. The van der Waals surface area contributed by atoms with Crippen LogP contribution in [0.2, 0.25) is 0 Å². The number of hydrogen-bond donors (Lipinski definition) is 2. The Hall–Kier alpha value is -2.50. The van der Waals surface area contributed by atoms with Crippen LogP contribution in [0.5, 0.6) is 0 Å². The van der Waals surface area contributed by atoms with Crippen molar-refractivity contribution in [3.8, 4) is 0 Å². The van der Waals surface area contributed by atoms with E-state index in [2.05, 4.69) is 9.97 Å². The molecule has 0 unspecified atom stereocenters. The molecule has 0 radical (unpaired) electrons. The molecular formula is C12H10N2O4. The Balaban J connectivity index is 2.66. The van der Waals surface area contributed by atoms with Gasteiger partial charge in [-0.05, 0) is 12.1 Å². The fraction of sp³-hybridized carbons (Fsp3) is 0.167. The number of aliphatic carboxylic acids is 1. The Labute approximate surface area is 101 Å². The van der Waals surface area contributed by atoms with Crippen molar-refractivity contribution in [2.75, 3.05) is 0 Å². The number of nitrogens with zero attached hydrogens (tertiary/aromatic N) is 1. The van der Waals surface area contributed by atoms with Crippen LogP contribution in [0.25, 0.3) is 10.9 Å². The number of hydrogen-bond acceptors (Lipinski definition) is 4. The Morgan fingerprint density at radius 3 is 2.67 bits per heavy atom. The molecule has 0 spiro atoms. The minimum Gasteiger partial charge on any atom is -0.481 e. The molecule has 0 aliphatic heterocycles. The summed E-state index contributed by atoms with van der Waals surface area (Å²) >= 11 is 0. The minimum atomic E-state index is -1.02. The average molecular weight is 246 g/mol. The van der Waals surface area contributed by atoms with Crippen molar-refractivity contribution in [3.63, 3.8) is 0 Å². The molecule has 6 heteroatoms. The van der Waals surface area contributed by atoms with Crippen molar-refractivity contribution in [1.82, 2.24) is 9.97 Å². The van der Waals surface area contributed by atoms with Crippen LogP contribution in [-0.2, 0) is 11.2 Å². The van der Waals surface area contributed by atoms with Gasteiger partial charge in [0, 0.05) is 6.42 Å². The maximum atomic E-state index is 11.7. The first-order valence-electron chi connectivity index (χ1n) is 5.32. The van der Waals surface area contributed by atoms with Crippen molar-refractivity contribution in [2.45, 2.75) is 12.8 Å². The van der Waals surface area contributed by atoms with Crippen molar-refractivity contribution < 1.29 is 9.90 Å². The van der Waals surface area contributed by atoms with Gasteiger partial charge in [0.2, 0.25) is 0 Å². The molecule has 6 nitrogen and oxygen atoms in total. The van der Waals surface area contributed by atoms with Crippen LogP contribution in [0.15, 0.2) is 33.9 Å². The highest BCUT2D eigenvalue weighted by Crippen LogP contribution is 2.04. The lowest BCUT2D eigenvalue weighted by atomic mass is 10.2.